The number of aliphatic hydroxyl groups is 1. The Morgan fingerprint density at radius 1 is 1.00 bits per heavy atom. The zero-order valence-corrected chi connectivity index (χ0v) is 21.4. The van der Waals surface area contributed by atoms with Crippen LogP contribution in [0.2, 0.25) is 0 Å². The number of carbonyl (C=O) groups is 2. The van der Waals surface area contributed by atoms with Crippen molar-refractivity contribution in [3.05, 3.63) is 94.1 Å². The van der Waals surface area contributed by atoms with E-state index in [2.05, 4.69) is 10.6 Å². The number of nitrogens with zero attached hydrogens (tertiary/aromatic N) is 2. The fourth-order valence-electron chi connectivity index (χ4n) is 4.45. The zero-order valence-electron chi connectivity index (χ0n) is 21.4. The minimum atomic E-state index is -1.12. The van der Waals surface area contributed by atoms with Crippen LogP contribution in [0.3, 0.4) is 0 Å². The molecule has 0 spiro atoms. The van der Waals surface area contributed by atoms with Crippen molar-refractivity contribution >= 4 is 23.3 Å². The number of carbonyl (C=O) groups excluding carboxylic acids is 2. The first-order valence-electron chi connectivity index (χ1n) is 12.3. The van der Waals surface area contributed by atoms with E-state index in [1.165, 1.54) is 34.1 Å². The molecule has 0 radical (unpaired) electrons. The topological polar surface area (TPSA) is 84.9 Å². The highest BCUT2D eigenvalue weighted by Crippen LogP contribution is 2.38. The molecule has 1 aliphatic heterocycles. The van der Waals surface area contributed by atoms with Gasteiger partial charge in [0.2, 0.25) is 0 Å². The minimum Gasteiger partial charge on any atom is -0.396 e. The largest absolute Gasteiger partial charge is 0.396 e. The van der Waals surface area contributed by atoms with Crippen molar-refractivity contribution in [2.45, 2.75) is 32.5 Å². The maximum atomic E-state index is 15.0. The Kier molecular flexibility index (Phi) is 8.39. The number of hydrogen-bond donors (Lipinski definition) is 3. The first-order chi connectivity index (χ1) is 18.6. The van der Waals surface area contributed by atoms with Crippen LogP contribution in [0.1, 0.15) is 46.4 Å². The Morgan fingerprint density at radius 2 is 1.72 bits per heavy atom. The Hall–Kier alpha value is -4.12. The van der Waals surface area contributed by atoms with Gasteiger partial charge in [0.05, 0.1) is 18.3 Å². The number of nitrogens with one attached hydrogen (secondary N) is 2. The van der Waals surface area contributed by atoms with Crippen LogP contribution in [0.15, 0.2) is 48.5 Å². The molecule has 3 aromatic carbocycles. The van der Waals surface area contributed by atoms with Crippen LogP contribution >= 0.6 is 0 Å². The van der Waals surface area contributed by atoms with Gasteiger partial charge in [0.15, 0.2) is 0 Å². The van der Waals surface area contributed by atoms with Gasteiger partial charge in [-0.1, -0.05) is 12.1 Å². The van der Waals surface area contributed by atoms with Crippen molar-refractivity contribution in [2.75, 3.05) is 30.4 Å². The molecule has 0 fully saturated rings. The minimum absolute atomic E-state index is 0.0381. The van der Waals surface area contributed by atoms with Crippen molar-refractivity contribution in [1.82, 2.24) is 10.2 Å². The Balaban J connectivity index is 1.64. The normalized spacial score (nSPS) is 14.8. The molecule has 1 aliphatic rings. The van der Waals surface area contributed by atoms with E-state index >= 15 is 0 Å². The average molecular weight is 545 g/mol. The molecule has 1 atom stereocenters. The summed E-state index contributed by atoms with van der Waals surface area (Å²) in [5.41, 5.74) is 1.43. The molecule has 39 heavy (non-hydrogen) atoms. The van der Waals surface area contributed by atoms with E-state index in [9.17, 15) is 27.2 Å². The van der Waals surface area contributed by atoms with Gasteiger partial charge in [0.1, 0.15) is 23.3 Å². The second-order valence-electron chi connectivity index (χ2n) is 9.23. The fourth-order valence-corrected chi connectivity index (χ4v) is 4.45. The monoisotopic (exact) mass is 544 g/mol. The molecule has 0 unspecified atom stereocenters. The molecule has 0 aliphatic carbocycles. The first kappa shape index (κ1) is 27.9. The molecule has 0 saturated carbocycles. The SMILES string of the molecule is C[C@H]1c2ccc(C(=O)NCc3c(F)cc(F)cc3F)cc2N(Cc2c(F)cccc2NCCCO)C(=O)N1C. The number of rotatable bonds is 9. The van der Waals surface area contributed by atoms with Crippen molar-refractivity contribution in [2.24, 2.45) is 0 Å². The van der Waals surface area contributed by atoms with E-state index < -0.39 is 47.3 Å². The summed E-state index contributed by atoms with van der Waals surface area (Å²) in [4.78, 5) is 29.1. The van der Waals surface area contributed by atoms with Gasteiger partial charge >= 0.3 is 6.03 Å². The first-order valence-corrected chi connectivity index (χ1v) is 12.3. The van der Waals surface area contributed by atoms with Crippen LogP contribution in [0.25, 0.3) is 0 Å². The smallest absolute Gasteiger partial charge is 0.325 e. The highest BCUT2D eigenvalue weighted by Gasteiger charge is 2.34. The molecule has 3 aromatic rings. The molecule has 0 saturated heterocycles. The van der Waals surface area contributed by atoms with Crippen molar-refractivity contribution < 1.29 is 32.3 Å². The van der Waals surface area contributed by atoms with Crippen LogP contribution in [0.4, 0.5) is 33.7 Å². The van der Waals surface area contributed by atoms with Crippen LogP contribution in [0.5, 0.6) is 0 Å². The second kappa shape index (κ2) is 11.7. The number of anilines is 2. The van der Waals surface area contributed by atoms with Gasteiger partial charge in [-0.25, -0.2) is 22.4 Å². The number of urea groups is 1. The molecule has 0 bridgehead atoms. The van der Waals surface area contributed by atoms with E-state index in [0.717, 1.165) is 5.56 Å². The number of fused-ring (bicyclic) bond motifs is 1. The molecule has 3 amide bonds. The van der Waals surface area contributed by atoms with Gasteiger partial charge in [-0.15, -0.1) is 0 Å². The van der Waals surface area contributed by atoms with Gasteiger partial charge in [-0.05, 0) is 43.2 Å². The van der Waals surface area contributed by atoms with Gasteiger partial charge in [-0.2, -0.15) is 0 Å². The Labute approximate surface area is 223 Å². The molecule has 3 N–H and O–H groups in total. The van der Waals surface area contributed by atoms with E-state index in [-0.39, 0.29) is 30.3 Å². The van der Waals surface area contributed by atoms with Crippen molar-refractivity contribution in [3.63, 3.8) is 0 Å². The third-order valence-corrected chi connectivity index (χ3v) is 6.76. The van der Waals surface area contributed by atoms with Gasteiger partial charge in [0, 0.05) is 61.3 Å². The van der Waals surface area contributed by atoms with Crippen LogP contribution in [-0.4, -0.2) is 42.1 Å². The number of halogens is 4. The van der Waals surface area contributed by atoms with Crippen LogP contribution in [-0.2, 0) is 13.1 Å². The second-order valence-corrected chi connectivity index (χ2v) is 9.23. The summed E-state index contributed by atoms with van der Waals surface area (Å²) >= 11 is 0. The van der Waals surface area contributed by atoms with E-state index in [0.29, 0.717) is 36.5 Å². The lowest BCUT2D eigenvalue weighted by atomic mass is 9.98. The predicted octanol–water partition coefficient (Wildman–Crippen LogP) is 5.10. The maximum absolute atomic E-state index is 15.0. The highest BCUT2D eigenvalue weighted by atomic mass is 19.1. The lowest BCUT2D eigenvalue weighted by Gasteiger charge is -2.40. The van der Waals surface area contributed by atoms with E-state index in [1.807, 2.05) is 6.92 Å². The molecule has 1 heterocycles. The van der Waals surface area contributed by atoms with Gasteiger partial charge < -0.3 is 20.6 Å². The molecular formula is C28H28F4N4O3. The molecule has 7 nitrogen and oxygen atoms in total. The van der Waals surface area contributed by atoms with Gasteiger partial charge in [-0.3, -0.25) is 9.69 Å². The zero-order chi connectivity index (χ0) is 28.3. The molecule has 11 heteroatoms. The quantitative estimate of drug-likeness (QED) is 0.259. The summed E-state index contributed by atoms with van der Waals surface area (Å²) in [7, 11) is 1.62. The number of hydrogen-bond acceptors (Lipinski definition) is 4. The van der Waals surface area contributed by atoms with E-state index in [1.54, 1.807) is 19.2 Å². The fraction of sp³-hybridized carbons (Fsp3) is 0.286. The standard InChI is InChI=1S/C28H28F4N4O3/c1-16-19-8-7-17(27(38)34-14-20-23(31)12-18(29)13-24(20)32)11-26(19)36(28(39)35(16)2)15-21-22(30)5-3-6-25(21)33-9-4-10-37/h3,5-8,11-13,16,33,37H,4,9-10,14-15H2,1-2H3,(H,34,38)/t16-/m0/s1. The van der Waals surface area contributed by atoms with Gasteiger partial charge in [0.25, 0.3) is 5.91 Å². The van der Waals surface area contributed by atoms with Crippen LogP contribution < -0.4 is 15.5 Å². The predicted molar refractivity (Wildman–Crippen MR) is 138 cm³/mol. The number of benzene rings is 3. The Morgan fingerprint density at radius 3 is 2.41 bits per heavy atom. The molecule has 206 valence electrons. The third-order valence-electron chi connectivity index (χ3n) is 6.76. The Bertz CT molecular complexity index is 1380. The third kappa shape index (κ3) is 5.83. The summed E-state index contributed by atoms with van der Waals surface area (Å²) in [6.07, 6.45) is 0.450. The maximum Gasteiger partial charge on any atom is 0.325 e. The molecular weight excluding hydrogens is 516 g/mol. The summed E-state index contributed by atoms with van der Waals surface area (Å²) in [6, 6.07) is 9.47. The summed E-state index contributed by atoms with van der Waals surface area (Å²) in [5.74, 6) is -4.52. The molecule has 4 rings (SSSR count). The number of amides is 3. The van der Waals surface area contributed by atoms with Crippen molar-refractivity contribution in [1.29, 1.82) is 0 Å². The summed E-state index contributed by atoms with van der Waals surface area (Å²) in [5, 5.41) is 14.6. The number of aliphatic hydroxyl groups excluding tert-OH is 1. The lowest BCUT2D eigenvalue weighted by molar-refractivity contribution is 0.0950. The molecule has 0 aromatic heterocycles. The summed E-state index contributed by atoms with van der Waals surface area (Å²) in [6.45, 7) is 1.51. The highest BCUT2D eigenvalue weighted by molar-refractivity contribution is 6.00. The average Bonchev–Trinajstić information content (AvgIpc) is 2.90. The van der Waals surface area contributed by atoms with E-state index in [4.69, 9.17) is 5.11 Å². The lowest BCUT2D eigenvalue weighted by Crippen LogP contribution is -2.46. The van der Waals surface area contributed by atoms with Crippen molar-refractivity contribution in [3.8, 4) is 0 Å². The van der Waals surface area contributed by atoms with Crippen LogP contribution in [0, 0.1) is 23.3 Å². The summed E-state index contributed by atoms with van der Waals surface area (Å²) < 4.78 is 56.2.